The van der Waals surface area contributed by atoms with E-state index < -0.39 is 9.84 Å². The highest BCUT2D eigenvalue weighted by molar-refractivity contribution is 7.90. The second-order valence-corrected chi connectivity index (χ2v) is 5.94. The van der Waals surface area contributed by atoms with Crippen LogP contribution in [0.3, 0.4) is 0 Å². The molecule has 1 rings (SSSR count). The van der Waals surface area contributed by atoms with Crippen molar-refractivity contribution in [2.24, 2.45) is 5.73 Å². The molecule has 0 aromatic heterocycles. The van der Waals surface area contributed by atoms with Crippen molar-refractivity contribution >= 4 is 9.84 Å². The topological polar surface area (TPSA) is 63.4 Å². The summed E-state index contributed by atoms with van der Waals surface area (Å²) in [6, 6.07) is 6.99. The molecule has 0 atom stereocenters. The van der Waals surface area contributed by atoms with Crippen molar-refractivity contribution in [1.82, 2.24) is 4.90 Å². The quantitative estimate of drug-likeness (QED) is 0.763. The predicted molar refractivity (Wildman–Crippen MR) is 64.9 cm³/mol. The third kappa shape index (κ3) is 3.92. The third-order valence-corrected chi connectivity index (χ3v) is 3.57. The summed E-state index contributed by atoms with van der Waals surface area (Å²) in [5, 5.41) is 0. The van der Waals surface area contributed by atoms with E-state index in [1.165, 1.54) is 6.26 Å². The summed E-state index contributed by atoms with van der Waals surface area (Å²) in [5.74, 6) is 0. The molecule has 90 valence electrons. The Bertz CT molecular complexity index is 426. The molecule has 2 N–H and O–H groups in total. The molecule has 0 saturated heterocycles. The van der Waals surface area contributed by atoms with E-state index >= 15 is 0 Å². The molecule has 0 bridgehead atoms. The summed E-state index contributed by atoms with van der Waals surface area (Å²) < 4.78 is 22.5. The Morgan fingerprint density at radius 2 is 1.81 bits per heavy atom. The number of sulfone groups is 1. The maximum atomic E-state index is 11.2. The monoisotopic (exact) mass is 242 g/mol. The molecule has 1 aromatic rings. The van der Waals surface area contributed by atoms with Crippen molar-refractivity contribution < 1.29 is 8.42 Å². The van der Waals surface area contributed by atoms with Crippen LogP contribution in [0.4, 0.5) is 0 Å². The molecule has 16 heavy (non-hydrogen) atoms. The Balaban J connectivity index is 2.66. The minimum absolute atomic E-state index is 0.364. The van der Waals surface area contributed by atoms with Crippen LogP contribution in [-0.2, 0) is 16.3 Å². The van der Waals surface area contributed by atoms with E-state index in [4.69, 9.17) is 5.73 Å². The molecule has 0 aliphatic carbocycles. The summed E-state index contributed by atoms with van der Waals surface area (Å²) in [5.41, 5.74) is 6.58. The molecule has 5 heteroatoms. The zero-order valence-corrected chi connectivity index (χ0v) is 10.5. The molecule has 1 aromatic carbocycles. The minimum atomic E-state index is -3.09. The minimum Gasteiger partial charge on any atom is -0.318 e. The van der Waals surface area contributed by atoms with Gasteiger partial charge in [0, 0.05) is 19.5 Å². The Labute approximate surface area is 97.0 Å². The van der Waals surface area contributed by atoms with Gasteiger partial charge in [-0.3, -0.25) is 4.90 Å². The van der Waals surface area contributed by atoms with Crippen LogP contribution in [0.2, 0.25) is 0 Å². The van der Waals surface area contributed by atoms with Gasteiger partial charge in [0.05, 0.1) is 4.90 Å². The second-order valence-electron chi connectivity index (χ2n) is 3.93. The Hall–Kier alpha value is -0.910. The van der Waals surface area contributed by atoms with Gasteiger partial charge >= 0.3 is 0 Å². The Morgan fingerprint density at radius 3 is 2.25 bits per heavy atom. The highest BCUT2D eigenvalue weighted by atomic mass is 32.2. The average Bonchev–Trinajstić information content (AvgIpc) is 2.25. The van der Waals surface area contributed by atoms with Crippen molar-refractivity contribution in [3.8, 4) is 0 Å². The molecular formula is C11H18N2O2S. The van der Waals surface area contributed by atoms with E-state index in [1.54, 1.807) is 12.1 Å². The first-order valence-corrected chi connectivity index (χ1v) is 7.00. The van der Waals surface area contributed by atoms with Gasteiger partial charge in [-0.1, -0.05) is 12.1 Å². The number of nitrogens with zero attached hydrogens (tertiary/aromatic N) is 1. The predicted octanol–water partition coefficient (Wildman–Crippen LogP) is 0.481. The van der Waals surface area contributed by atoms with Crippen molar-refractivity contribution in [2.75, 3.05) is 26.5 Å². The molecule has 0 fully saturated rings. The number of nitrogens with two attached hydrogens (primary N) is 1. The lowest BCUT2D eigenvalue weighted by molar-refractivity contribution is 0.349. The SMILES string of the molecule is CN(CN)CCc1ccc(S(C)(=O)=O)cc1. The lowest BCUT2D eigenvalue weighted by Gasteiger charge is -2.13. The fraction of sp³-hybridized carbons (Fsp3) is 0.455. The molecule has 0 amide bonds. The van der Waals surface area contributed by atoms with Crippen LogP contribution in [0.5, 0.6) is 0 Å². The Kier molecular flexibility index (Phi) is 4.46. The van der Waals surface area contributed by atoms with E-state index in [-0.39, 0.29) is 0 Å². The molecule has 4 nitrogen and oxygen atoms in total. The van der Waals surface area contributed by atoms with Crippen LogP contribution < -0.4 is 5.73 Å². The van der Waals surface area contributed by atoms with E-state index in [0.717, 1.165) is 18.5 Å². The van der Waals surface area contributed by atoms with Crippen LogP contribution in [0.25, 0.3) is 0 Å². The lowest BCUT2D eigenvalue weighted by atomic mass is 10.1. The molecule has 0 spiro atoms. The normalized spacial score (nSPS) is 12.0. The summed E-state index contributed by atoms with van der Waals surface area (Å²) in [6.45, 7) is 1.40. The van der Waals surface area contributed by atoms with E-state index in [2.05, 4.69) is 0 Å². The van der Waals surface area contributed by atoms with Gasteiger partial charge in [0.1, 0.15) is 0 Å². The summed E-state index contributed by atoms with van der Waals surface area (Å²) in [6.07, 6.45) is 2.09. The number of rotatable bonds is 5. The fourth-order valence-electron chi connectivity index (χ4n) is 1.31. The first kappa shape index (κ1) is 13.2. The van der Waals surface area contributed by atoms with Crippen LogP contribution >= 0.6 is 0 Å². The highest BCUT2D eigenvalue weighted by Gasteiger charge is 2.06. The summed E-state index contributed by atoms with van der Waals surface area (Å²) >= 11 is 0. The van der Waals surface area contributed by atoms with E-state index in [1.807, 2.05) is 24.1 Å². The van der Waals surface area contributed by atoms with Gasteiger partial charge in [-0.2, -0.15) is 0 Å². The van der Waals surface area contributed by atoms with Crippen molar-refractivity contribution in [3.63, 3.8) is 0 Å². The highest BCUT2D eigenvalue weighted by Crippen LogP contribution is 2.10. The Morgan fingerprint density at radius 1 is 1.25 bits per heavy atom. The number of likely N-dealkylation sites (N-methyl/N-ethyl adjacent to an activating group) is 1. The number of hydrogen-bond acceptors (Lipinski definition) is 4. The van der Waals surface area contributed by atoms with Crippen LogP contribution in [-0.4, -0.2) is 39.8 Å². The van der Waals surface area contributed by atoms with Crippen LogP contribution in [0.15, 0.2) is 29.2 Å². The first-order chi connectivity index (χ1) is 7.43. The largest absolute Gasteiger partial charge is 0.318 e. The summed E-state index contributed by atoms with van der Waals surface area (Å²) in [4.78, 5) is 2.37. The van der Waals surface area contributed by atoms with Gasteiger partial charge in [0.2, 0.25) is 0 Å². The smallest absolute Gasteiger partial charge is 0.175 e. The van der Waals surface area contributed by atoms with Gasteiger partial charge in [-0.15, -0.1) is 0 Å². The van der Waals surface area contributed by atoms with Crippen molar-refractivity contribution in [2.45, 2.75) is 11.3 Å². The van der Waals surface area contributed by atoms with Gasteiger partial charge < -0.3 is 5.73 Å². The maximum absolute atomic E-state index is 11.2. The molecule has 0 unspecified atom stereocenters. The van der Waals surface area contributed by atoms with Gasteiger partial charge in [-0.05, 0) is 31.2 Å². The van der Waals surface area contributed by atoms with Crippen molar-refractivity contribution in [1.29, 1.82) is 0 Å². The molecule has 0 heterocycles. The van der Waals surface area contributed by atoms with Crippen LogP contribution in [0, 0.1) is 0 Å². The average molecular weight is 242 g/mol. The molecular weight excluding hydrogens is 224 g/mol. The van der Waals surface area contributed by atoms with E-state index in [0.29, 0.717) is 11.6 Å². The third-order valence-electron chi connectivity index (χ3n) is 2.45. The van der Waals surface area contributed by atoms with Crippen LogP contribution in [0.1, 0.15) is 5.56 Å². The zero-order chi connectivity index (χ0) is 12.2. The zero-order valence-electron chi connectivity index (χ0n) is 9.68. The van der Waals surface area contributed by atoms with Gasteiger partial charge in [0.15, 0.2) is 9.84 Å². The number of hydrogen-bond donors (Lipinski definition) is 1. The molecule has 0 saturated carbocycles. The molecule has 0 aliphatic rings. The van der Waals surface area contributed by atoms with E-state index in [9.17, 15) is 8.42 Å². The second kappa shape index (κ2) is 5.43. The lowest BCUT2D eigenvalue weighted by Crippen LogP contribution is -2.27. The molecule has 0 aliphatic heterocycles. The maximum Gasteiger partial charge on any atom is 0.175 e. The van der Waals surface area contributed by atoms with Gasteiger partial charge in [0.25, 0.3) is 0 Å². The first-order valence-electron chi connectivity index (χ1n) is 5.11. The summed E-state index contributed by atoms with van der Waals surface area (Å²) in [7, 11) is -1.14. The molecule has 0 radical (unpaired) electrons. The number of benzene rings is 1. The standard InChI is InChI=1S/C11H18N2O2S/c1-13(9-12)8-7-10-3-5-11(6-4-10)16(2,14)15/h3-6H,7-9,12H2,1-2H3. The van der Waals surface area contributed by atoms with Crippen molar-refractivity contribution in [3.05, 3.63) is 29.8 Å². The van der Waals surface area contributed by atoms with Gasteiger partial charge in [-0.25, -0.2) is 8.42 Å². The fourth-order valence-corrected chi connectivity index (χ4v) is 1.95.